The van der Waals surface area contributed by atoms with Crippen LogP contribution in [0.2, 0.25) is 0 Å². The fourth-order valence-electron chi connectivity index (χ4n) is 1.71. The molecule has 0 fully saturated rings. The van der Waals surface area contributed by atoms with Crippen molar-refractivity contribution >= 4 is 46.0 Å². The highest BCUT2D eigenvalue weighted by molar-refractivity contribution is 14.1. The Kier molecular flexibility index (Phi) is 6.13. The minimum atomic E-state index is -1.02. The number of nitrogens with zero attached hydrogens (tertiary/aromatic N) is 1. The van der Waals surface area contributed by atoms with Gasteiger partial charge in [-0.25, -0.2) is 9.78 Å². The number of amides is 1. The second-order valence-electron chi connectivity index (χ2n) is 4.36. The standard InChI is InChI=1S/C14H13IN2O4S/c15-11-7-16-13(22-11)10(6-12(18)19)17-14(20)21-8-9-4-2-1-3-5-9/h1-5,7,10H,6,8H2,(H,17,20)(H,18,19). The number of ether oxygens (including phenoxy) is 1. The second kappa shape index (κ2) is 8.08. The van der Waals surface area contributed by atoms with Gasteiger partial charge in [-0.1, -0.05) is 30.3 Å². The maximum Gasteiger partial charge on any atom is 0.408 e. The van der Waals surface area contributed by atoms with Crippen molar-refractivity contribution in [2.24, 2.45) is 0 Å². The predicted molar refractivity (Wildman–Crippen MR) is 89.6 cm³/mol. The Morgan fingerprint density at radius 3 is 2.68 bits per heavy atom. The zero-order chi connectivity index (χ0) is 15.9. The van der Waals surface area contributed by atoms with E-state index in [4.69, 9.17) is 9.84 Å². The summed E-state index contributed by atoms with van der Waals surface area (Å²) in [6.07, 6.45) is 0.719. The third-order valence-corrected chi connectivity index (χ3v) is 4.52. The fraction of sp³-hybridized carbons (Fsp3) is 0.214. The molecule has 0 aliphatic heterocycles. The van der Waals surface area contributed by atoms with Crippen molar-refractivity contribution in [2.45, 2.75) is 19.1 Å². The van der Waals surface area contributed by atoms with Gasteiger partial charge in [0.15, 0.2) is 0 Å². The molecule has 0 spiro atoms. The molecule has 0 aliphatic rings. The summed E-state index contributed by atoms with van der Waals surface area (Å²) in [6.45, 7) is 0.127. The molecule has 1 aromatic carbocycles. The number of rotatable bonds is 6. The summed E-state index contributed by atoms with van der Waals surface area (Å²) < 4.78 is 6.02. The van der Waals surface area contributed by atoms with E-state index in [1.54, 1.807) is 6.20 Å². The Bertz CT molecular complexity index is 647. The van der Waals surface area contributed by atoms with Crippen LogP contribution in [0.1, 0.15) is 23.0 Å². The molecule has 0 bridgehead atoms. The van der Waals surface area contributed by atoms with Crippen LogP contribution in [0.25, 0.3) is 0 Å². The lowest BCUT2D eigenvalue weighted by Crippen LogP contribution is -2.30. The van der Waals surface area contributed by atoms with E-state index in [1.807, 2.05) is 30.3 Å². The quantitative estimate of drug-likeness (QED) is 0.685. The summed E-state index contributed by atoms with van der Waals surface area (Å²) in [5.41, 5.74) is 0.858. The molecule has 0 radical (unpaired) electrons. The van der Waals surface area contributed by atoms with E-state index in [0.717, 1.165) is 8.45 Å². The lowest BCUT2D eigenvalue weighted by atomic mass is 10.2. The third-order valence-electron chi connectivity index (χ3n) is 2.68. The molecule has 2 aromatic rings. The van der Waals surface area contributed by atoms with Gasteiger partial charge in [0.05, 0.1) is 21.5 Å². The highest BCUT2D eigenvalue weighted by Crippen LogP contribution is 2.24. The molecule has 22 heavy (non-hydrogen) atoms. The molecule has 0 saturated heterocycles. The van der Waals surface area contributed by atoms with Crippen LogP contribution in [0, 0.1) is 2.88 Å². The van der Waals surface area contributed by atoms with Crippen LogP contribution < -0.4 is 5.32 Å². The van der Waals surface area contributed by atoms with Gasteiger partial charge in [0.1, 0.15) is 11.6 Å². The van der Waals surface area contributed by atoms with Crippen LogP contribution in [-0.2, 0) is 16.1 Å². The van der Waals surface area contributed by atoms with Crippen molar-refractivity contribution in [1.82, 2.24) is 10.3 Å². The first kappa shape index (κ1) is 16.7. The number of nitrogens with one attached hydrogen (secondary N) is 1. The van der Waals surface area contributed by atoms with Gasteiger partial charge in [-0.3, -0.25) is 4.79 Å². The normalized spacial score (nSPS) is 11.7. The average molecular weight is 432 g/mol. The first-order valence-corrected chi connectivity index (χ1v) is 8.24. The SMILES string of the molecule is O=C(O)CC(NC(=O)OCc1ccccc1)c1ncc(I)s1. The van der Waals surface area contributed by atoms with E-state index in [9.17, 15) is 9.59 Å². The van der Waals surface area contributed by atoms with Gasteiger partial charge in [-0.2, -0.15) is 0 Å². The Labute approximate surface area is 144 Å². The molecule has 1 unspecified atom stereocenters. The van der Waals surface area contributed by atoms with Crippen LogP contribution in [0.5, 0.6) is 0 Å². The van der Waals surface area contributed by atoms with E-state index in [0.29, 0.717) is 5.01 Å². The van der Waals surface area contributed by atoms with Crippen LogP contribution >= 0.6 is 33.9 Å². The van der Waals surface area contributed by atoms with Gasteiger partial charge in [0, 0.05) is 0 Å². The Morgan fingerprint density at radius 1 is 1.36 bits per heavy atom. The molecule has 0 saturated carbocycles. The number of thiazole rings is 1. The fourth-order valence-corrected chi connectivity index (χ4v) is 3.22. The number of carbonyl (C=O) groups is 2. The van der Waals surface area contributed by atoms with Gasteiger partial charge in [-0.15, -0.1) is 11.3 Å². The van der Waals surface area contributed by atoms with E-state index in [2.05, 4.69) is 32.9 Å². The maximum atomic E-state index is 11.8. The molecule has 116 valence electrons. The molecule has 1 heterocycles. The molecule has 2 N–H and O–H groups in total. The molecule has 1 amide bonds. The summed E-state index contributed by atoms with van der Waals surface area (Å²) in [4.78, 5) is 26.9. The van der Waals surface area contributed by atoms with E-state index in [1.165, 1.54) is 11.3 Å². The van der Waals surface area contributed by atoms with Crippen molar-refractivity contribution in [2.75, 3.05) is 0 Å². The Hall–Kier alpha value is -1.68. The van der Waals surface area contributed by atoms with Gasteiger partial charge in [0.2, 0.25) is 0 Å². The number of halogens is 1. The van der Waals surface area contributed by atoms with Crippen molar-refractivity contribution in [3.63, 3.8) is 0 Å². The zero-order valence-corrected chi connectivity index (χ0v) is 14.3. The highest BCUT2D eigenvalue weighted by Gasteiger charge is 2.21. The summed E-state index contributed by atoms with van der Waals surface area (Å²) in [5, 5.41) is 12.1. The summed E-state index contributed by atoms with van der Waals surface area (Å²) in [6, 6.07) is 8.55. The Balaban J connectivity index is 1.94. The predicted octanol–water partition coefficient (Wildman–Crippen LogP) is 3.19. The van der Waals surface area contributed by atoms with Crippen molar-refractivity contribution < 1.29 is 19.4 Å². The van der Waals surface area contributed by atoms with Crippen molar-refractivity contribution in [3.8, 4) is 0 Å². The molecule has 8 heteroatoms. The first-order chi connectivity index (χ1) is 10.5. The minimum Gasteiger partial charge on any atom is -0.481 e. The van der Waals surface area contributed by atoms with E-state index < -0.39 is 18.1 Å². The lowest BCUT2D eigenvalue weighted by molar-refractivity contribution is -0.137. The number of aliphatic carboxylic acids is 1. The number of hydrogen-bond donors (Lipinski definition) is 2. The third kappa shape index (κ3) is 5.26. The highest BCUT2D eigenvalue weighted by atomic mass is 127. The second-order valence-corrected chi connectivity index (χ2v) is 7.32. The molecule has 2 rings (SSSR count). The van der Waals surface area contributed by atoms with Crippen LogP contribution in [0.3, 0.4) is 0 Å². The summed E-state index contributed by atoms with van der Waals surface area (Å²) in [5.74, 6) is -1.02. The number of alkyl carbamates (subject to hydrolysis) is 1. The zero-order valence-electron chi connectivity index (χ0n) is 11.4. The Morgan fingerprint density at radius 2 is 2.09 bits per heavy atom. The smallest absolute Gasteiger partial charge is 0.408 e. The largest absolute Gasteiger partial charge is 0.481 e. The summed E-state index contributed by atoms with van der Waals surface area (Å²) >= 11 is 3.43. The van der Waals surface area contributed by atoms with Crippen molar-refractivity contribution in [3.05, 3.63) is 50.0 Å². The number of hydrogen-bond acceptors (Lipinski definition) is 5. The van der Waals surface area contributed by atoms with Crippen molar-refractivity contribution in [1.29, 1.82) is 0 Å². The molecule has 6 nitrogen and oxygen atoms in total. The average Bonchev–Trinajstić information content (AvgIpc) is 2.92. The number of carboxylic acids is 1. The number of aromatic nitrogens is 1. The molecular formula is C14H13IN2O4S. The lowest BCUT2D eigenvalue weighted by Gasteiger charge is -2.14. The molecule has 1 aromatic heterocycles. The molecule has 0 aliphatic carbocycles. The monoisotopic (exact) mass is 432 g/mol. The van der Waals surface area contributed by atoms with Crippen LogP contribution in [0.4, 0.5) is 4.79 Å². The topological polar surface area (TPSA) is 88.5 Å². The maximum absolute atomic E-state index is 11.8. The number of benzene rings is 1. The first-order valence-electron chi connectivity index (χ1n) is 6.35. The number of carboxylic acid groups (broad SMARTS) is 1. The molecule has 1 atom stereocenters. The number of carbonyl (C=O) groups excluding carboxylic acids is 1. The van der Waals surface area contributed by atoms with E-state index in [-0.39, 0.29) is 13.0 Å². The van der Waals surface area contributed by atoms with Crippen LogP contribution in [-0.4, -0.2) is 22.2 Å². The van der Waals surface area contributed by atoms with Crippen LogP contribution in [0.15, 0.2) is 36.5 Å². The van der Waals surface area contributed by atoms with E-state index >= 15 is 0 Å². The molecular weight excluding hydrogens is 419 g/mol. The van der Waals surface area contributed by atoms with Gasteiger partial charge >= 0.3 is 12.1 Å². The summed E-state index contributed by atoms with van der Waals surface area (Å²) in [7, 11) is 0. The van der Waals surface area contributed by atoms with Gasteiger partial charge in [0.25, 0.3) is 0 Å². The van der Waals surface area contributed by atoms with Gasteiger partial charge < -0.3 is 15.2 Å². The van der Waals surface area contributed by atoms with Gasteiger partial charge in [-0.05, 0) is 28.2 Å². The minimum absolute atomic E-state index is 0.127.